The number of allylic oxidation sites excluding steroid dienone is 2. The van der Waals surface area contributed by atoms with Crippen LogP contribution in [0.25, 0.3) is 0 Å². The van der Waals surface area contributed by atoms with Gasteiger partial charge >= 0.3 is 0 Å². The summed E-state index contributed by atoms with van der Waals surface area (Å²) in [6, 6.07) is 2.05. The SMILES string of the molecule is CC(C)CC=CCC#N. The molecule has 1 heteroatoms. The maximum atomic E-state index is 8.13. The summed E-state index contributed by atoms with van der Waals surface area (Å²) >= 11 is 0. The van der Waals surface area contributed by atoms with Crippen LogP contribution in [0, 0.1) is 17.2 Å². The molecule has 50 valence electrons. The molecule has 0 unspecified atom stereocenters. The van der Waals surface area contributed by atoms with Crippen LogP contribution in [0.4, 0.5) is 0 Å². The molecule has 0 spiro atoms. The highest BCUT2D eigenvalue weighted by molar-refractivity contribution is 4.90. The standard InChI is InChI=1S/C8H13N/c1-8(2)6-4-3-5-7-9/h3-4,8H,5-6H2,1-2H3. The second-order valence-corrected chi connectivity index (χ2v) is 2.46. The Bertz CT molecular complexity index is 117. The van der Waals surface area contributed by atoms with Crippen LogP contribution < -0.4 is 0 Å². The largest absolute Gasteiger partial charge is 0.198 e. The van der Waals surface area contributed by atoms with Gasteiger partial charge in [0, 0.05) is 0 Å². The van der Waals surface area contributed by atoms with E-state index in [2.05, 4.69) is 26.0 Å². The van der Waals surface area contributed by atoms with Crippen molar-refractivity contribution in [1.29, 1.82) is 5.26 Å². The van der Waals surface area contributed by atoms with Gasteiger partial charge in [0.05, 0.1) is 12.5 Å². The van der Waals surface area contributed by atoms with E-state index in [4.69, 9.17) is 5.26 Å². The highest BCUT2D eigenvalue weighted by Crippen LogP contribution is 1.99. The Morgan fingerprint density at radius 1 is 1.44 bits per heavy atom. The Morgan fingerprint density at radius 2 is 2.11 bits per heavy atom. The molecule has 0 aromatic rings. The number of hydrogen-bond acceptors (Lipinski definition) is 1. The molecule has 0 radical (unpaired) electrons. The summed E-state index contributed by atoms with van der Waals surface area (Å²) in [6.45, 7) is 4.33. The van der Waals surface area contributed by atoms with Gasteiger partial charge in [-0.1, -0.05) is 26.0 Å². The van der Waals surface area contributed by atoms with Gasteiger partial charge in [-0.2, -0.15) is 5.26 Å². The highest BCUT2D eigenvalue weighted by Gasteiger charge is 1.85. The van der Waals surface area contributed by atoms with Crippen molar-refractivity contribution in [2.24, 2.45) is 5.92 Å². The van der Waals surface area contributed by atoms with E-state index in [9.17, 15) is 0 Å². The van der Waals surface area contributed by atoms with Crippen molar-refractivity contribution < 1.29 is 0 Å². The normalized spacial score (nSPS) is 10.4. The van der Waals surface area contributed by atoms with Gasteiger partial charge in [0.25, 0.3) is 0 Å². The molecule has 0 heterocycles. The Kier molecular flexibility index (Phi) is 4.91. The van der Waals surface area contributed by atoms with Crippen molar-refractivity contribution in [3.63, 3.8) is 0 Å². The summed E-state index contributed by atoms with van der Waals surface area (Å²) in [7, 11) is 0. The van der Waals surface area contributed by atoms with Gasteiger partial charge < -0.3 is 0 Å². The van der Waals surface area contributed by atoms with Crippen molar-refractivity contribution in [3.8, 4) is 6.07 Å². The van der Waals surface area contributed by atoms with E-state index in [-0.39, 0.29) is 0 Å². The van der Waals surface area contributed by atoms with Gasteiger partial charge in [-0.3, -0.25) is 0 Å². The molecule has 0 N–H and O–H groups in total. The maximum Gasteiger partial charge on any atom is 0.0663 e. The fourth-order valence-electron chi connectivity index (χ4n) is 0.504. The van der Waals surface area contributed by atoms with Crippen molar-refractivity contribution in [1.82, 2.24) is 0 Å². The first-order valence-corrected chi connectivity index (χ1v) is 3.29. The number of hydrogen-bond donors (Lipinski definition) is 0. The summed E-state index contributed by atoms with van der Waals surface area (Å²) in [5, 5.41) is 8.13. The molecule has 0 atom stereocenters. The van der Waals surface area contributed by atoms with Crippen LogP contribution in [-0.2, 0) is 0 Å². The highest BCUT2D eigenvalue weighted by atomic mass is 14.2. The van der Waals surface area contributed by atoms with E-state index in [0.29, 0.717) is 12.3 Å². The lowest BCUT2D eigenvalue weighted by atomic mass is 10.1. The topological polar surface area (TPSA) is 23.8 Å². The third-order valence-electron chi connectivity index (χ3n) is 0.983. The van der Waals surface area contributed by atoms with E-state index in [1.54, 1.807) is 0 Å². The molecule has 0 saturated carbocycles. The fourth-order valence-corrected chi connectivity index (χ4v) is 0.504. The molecule has 0 saturated heterocycles. The van der Waals surface area contributed by atoms with Crippen molar-refractivity contribution in [2.75, 3.05) is 0 Å². The average molecular weight is 123 g/mol. The zero-order valence-electron chi connectivity index (χ0n) is 6.09. The first-order chi connectivity index (χ1) is 4.27. The second kappa shape index (κ2) is 5.37. The molecule has 0 aliphatic carbocycles. The lowest BCUT2D eigenvalue weighted by molar-refractivity contribution is 0.663. The van der Waals surface area contributed by atoms with Crippen molar-refractivity contribution in [3.05, 3.63) is 12.2 Å². The van der Waals surface area contributed by atoms with Crippen LogP contribution in [0.3, 0.4) is 0 Å². The van der Waals surface area contributed by atoms with E-state index in [1.807, 2.05) is 6.08 Å². The third-order valence-corrected chi connectivity index (χ3v) is 0.983. The van der Waals surface area contributed by atoms with Crippen LogP contribution in [0.1, 0.15) is 26.7 Å². The molecule has 0 bridgehead atoms. The Hall–Kier alpha value is -0.770. The minimum Gasteiger partial charge on any atom is -0.198 e. The lowest BCUT2D eigenvalue weighted by Crippen LogP contribution is -1.80. The van der Waals surface area contributed by atoms with E-state index in [1.165, 1.54) is 0 Å². The molecule has 9 heavy (non-hydrogen) atoms. The summed E-state index contributed by atoms with van der Waals surface area (Å²) in [5.74, 6) is 0.708. The first-order valence-electron chi connectivity index (χ1n) is 3.29. The van der Waals surface area contributed by atoms with Crippen LogP contribution in [0.2, 0.25) is 0 Å². The molecular formula is C8H13N. The van der Waals surface area contributed by atoms with Gasteiger partial charge in [-0.15, -0.1) is 0 Å². The second-order valence-electron chi connectivity index (χ2n) is 2.46. The van der Waals surface area contributed by atoms with E-state index < -0.39 is 0 Å². The third kappa shape index (κ3) is 7.23. The summed E-state index contributed by atoms with van der Waals surface area (Å²) in [6.07, 6.45) is 5.61. The Morgan fingerprint density at radius 3 is 2.56 bits per heavy atom. The number of nitriles is 1. The molecule has 1 nitrogen and oxygen atoms in total. The van der Waals surface area contributed by atoms with Gasteiger partial charge in [0.1, 0.15) is 0 Å². The minimum atomic E-state index is 0.548. The number of rotatable bonds is 3. The molecule has 0 rings (SSSR count). The molecule has 0 aromatic heterocycles. The summed E-state index contributed by atoms with van der Waals surface area (Å²) < 4.78 is 0. The first kappa shape index (κ1) is 8.23. The zero-order valence-corrected chi connectivity index (χ0v) is 6.09. The summed E-state index contributed by atoms with van der Waals surface area (Å²) in [4.78, 5) is 0. The maximum absolute atomic E-state index is 8.13. The molecular weight excluding hydrogens is 110 g/mol. The molecule has 0 fully saturated rings. The fraction of sp³-hybridized carbons (Fsp3) is 0.625. The van der Waals surface area contributed by atoms with E-state index >= 15 is 0 Å². The van der Waals surface area contributed by atoms with Gasteiger partial charge in [-0.25, -0.2) is 0 Å². The zero-order chi connectivity index (χ0) is 7.11. The molecule has 0 aliphatic heterocycles. The van der Waals surface area contributed by atoms with Crippen LogP contribution in [0.15, 0.2) is 12.2 Å². The summed E-state index contributed by atoms with van der Waals surface area (Å²) in [5.41, 5.74) is 0. The lowest BCUT2D eigenvalue weighted by Gasteiger charge is -1.94. The molecule has 0 aromatic carbocycles. The smallest absolute Gasteiger partial charge is 0.0663 e. The van der Waals surface area contributed by atoms with Gasteiger partial charge in [0.15, 0.2) is 0 Å². The minimum absolute atomic E-state index is 0.548. The van der Waals surface area contributed by atoms with Crippen molar-refractivity contribution >= 4 is 0 Å². The Balaban J connectivity index is 3.17. The van der Waals surface area contributed by atoms with Crippen LogP contribution >= 0.6 is 0 Å². The van der Waals surface area contributed by atoms with Gasteiger partial charge in [-0.05, 0) is 12.3 Å². The van der Waals surface area contributed by atoms with E-state index in [0.717, 1.165) is 6.42 Å². The average Bonchev–Trinajstić information content (AvgIpc) is 1.80. The molecule has 0 amide bonds. The molecule has 0 aliphatic rings. The predicted octanol–water partition coefficient (Wildman–Crippen LogP) is 2.50. The monoisotopic (exact) mass is 123 g/mol. The van der Waals surface area contributed by atoms with Crippen molar-refractivity contribution in [2.45, 2.75) is 26.7 Å². The predicted molar refractivity (Wildman–Crippen MR) is 38.8 cm³/mol. The van der Waals surface area contributed by atoms with Crippen LogP contribution in [0.5, 0.6) is 0 Å². The van der Waals surface area contributed by atoms with Gasteiger partial charge in [0.2, 0.25) is 0 Å². The quantitative estimate of drug-likeness (QED) is 0.529. The van der Waals surface area contributed by atoms with Crippen LogP contribution in [-0.4, -0.2) is 0 Å². The number of nitrogens with zero attached hydrogens (tertiary/aromatic N) is 1. The Labute approximate surface area is 57.0 Å².